The van der Waals surface area contributed by atoms with E-state index in [0.29, 0.717) is 18.4 Å². The Morgan fingerprint density at radius 1 is 1.26 bits per heavy atom. The lowest BCUT2D eigenvalue weighted by Gasteiger charge is -2.41. The summed E-state index contributed by atoms with van der Waals surface area (Å²) in [5.74, 6) is 0.356. The van der Waals surface area contributed by atoms with Crippen LogP contribution in [0, 0.1) is 5.92 Å². The second kappa shape index (κ2) is 6.40. The average molecular weight is 286 g/mol. The van der Waals surface area contributed by atoms with Crippen molar-refractivity contribution in [3.8, 4) is 0 Å². The van der Waals surface area contributed by atoms with Crippen LogP contribution in [-0.4, -0.2) is 27.5 Å². The lowest BCUT2D eigenvalue weighted by atomic mass is 9.85. The van der Waals surface area contributed by atoms with E-state index in [4.69, 9.17) is 9.16 Å². The Morgan fingerprint density at radius 3 is 2.42 bits per heavy atom. The minimum atomic E-state index is -1.69. The fourth-order valence-electron chi connectivity index (χ4n) is 2.45. The second-order valence-electron chi connectivity index (χ2n) is 7.31. The predicted octanol–water partition coefficient (Wildman–Crippen LogP) is 4.13. The van der Waals surface area contributed by atoms with E-state index in [2.05, 4.69) is 33.9 Å². The number of esters is 1. The van der Waals surface area contributed by atoms with Gasteiger partial charge in [-0.25, -0.2) is 0 Å². The van der Waals surface area contributed by atoms with Crippen molar-refractivity contribution in [1.29, 1.82) is 0 Å². The third-order valence-electron chi connectivity index (χ3n) is 4.69. The Bertz CT molecular complexity index is 307. The number of carbonyl (C=O) groups is 1. The zero-order chi connectivity index (χ0) is 14.7. The molecule has 0 amide bonds. The summed E-state index contributed by atoms with van der Waals surface area (Å²) in [5.41, 5.74) is 0. The third-order valence-corrected chi connectivity index (χ3v) is 9.22. The molecule has 112 valence electrons. The number of methoxy groups -OCH3 is 1. The first-order valence-electron chi connectivity index (χ1n) is 7.40. The minimum Gasteiger partial charge on any atom is -0.469 e. The fraction of sp³-hybridized carbons (Fsp3) is 0.933. The zero-order valence-corrected chi connectivity index (χ0v) is 14.4. The van der Waals surface area contributed by atoms with Crippen molar-refractivity contribution < 1.29 is 14.0 Å². The van der Waals surface area contributed by atoms with Gasteiger partial charge in [-0.1, -0.05) is 27.2 Å². The molecule has 19 heavy (non-hydrogen) atoms. The molecule has 1 aliphatic rings. The monoisotopic (exact) mass is 286 g/mol. The van der Waals surface area contributed by atoms with Gasteiger partial charge in [0.25, 0.3) is 0 Å². The van der Waals surface area contributed by atoms with E-state index in [-0.39, 0.29) is 11.0 Å². The molecular weight excluding hydrogens is 256 g/mol. The van der Waals surface area contributed by atoms with Gasteiger partial charge in [0.05, 0.1) is 7.11 Å². The maximum Gasteiger partial charge on any atom is 0.305 e. The number of ether oxygens (including phenoxy) is 1. The molecule has 1 fully saturated rings. The van der Waals surface area contributed by atoms with Gasteiger partial charge in [-0.2, -0.15) is 0 Å². The van der Waals surface area contributed by atoms with Crippen molar-refractivity contribution in [2.24, 2.45) is 5.92 Å². The number of hydrogen-bond acceptors (Lipinski definition) is 3. The number of rotatable bonds is 4. The van der Waals surface area contributed by atoms with Gasteiger partial charge in [0.15, 0.2) is 8.32 Å². The van der Waals surface area contributed by atoms with Gasteiger partial charge in [-0.05, 0) is 43.3 Å². The van der Waals surface area contributed by atoms with Crippen LogP contribution in [0.4, 0.5) is 0 Å². The SMILES string of the molecule is COC(=O)CC1CCCC(O[Si](C)(C)C(C)(C)C)C1. The Balaban J connectivity index is 2.54. The van der Waals surface area contributed by atoms with Crippen LogP contribution in [-0.2, 0) is 14.0 Å². The molecule has 1 aliphatic carbocycles. The van der Waals surface area contributed by atoms with Gasteiger partial charge >= 0.3 is 5.97 Å². The van der Waals surface area contributed by atoms with Gasteiger partial charge in [0.2, 0.25) is 0 Å². The highest BCUT2D eigenvalue weighted by molar-refractivity contribution is 6.74. The van der Waals surface area contributed by atoms with Crippen LogP contribution in [0.25, 0.3) is 0 Å². The molecule has 2 unspecified atom stereocenters. The molecule has 3 nitrogen and oxygen atoms in total. The van der Waals surface area contributed by atoms with Crippen LogP contribution >= 0.6 is 0 Å². The number of carbonyl (C=O) groups excluding carboxylic acids is 1. The molecular formula is C15H30O3Si. The fourth-order valence-corrected chi connectivity index (χ4v) is 3.85. The van der Waals surface area contributed by atoms with E-state index in [1.165, 1.54) is 13.5 Å². The van der Waals surface area contributed by atoms with Crippen LogP contribution in [0.3, 0.4) is 0 Å². The summed E-state index contributed by atoms with van der Waals surface area (Å²) in [6.45, 7) is 11.4. The van der Waals surface area contributed by atoms with Gasteiger partial charge in [0, 0.05) is 12.5 Å². The van der Waals surface area contributed by atoms with E-state index in [1.807, 2.05) is 0 Å². The van der Waals surface area contributed by atoms with Gasteiger partial charge in [-0.3, -0.25) is 4.79 Å². The van der Waals surface area contributed by atoms with Crippen LogP contribution in [0.5, 0.6) is 0 Å². The highest BCUT2D eigenvalue weighted by atomic mass is 28.4. The van der Waals surface area contributed by atoms with E-state index < -0.39 is 8.32 Å². The molecule has 0 heterocycles. The normalized spacial score (nSPS) is 25.2. The largest absolute Gasteiger partial charge is 0.469 e. The lowest BCUT2D eigenvalue weighted by Crippen LogP contribution is -2.45. The Kier molecular flexibility index (Phi) is 5.62. The topological polar surface area (TPSA) is 35.5 Å². The minimum absolute atomic E-state index is 0.0852. The van der Waals surface area contributed by atoms with E-state index in [0.717, 1.165) is 19.3 Å². The summed E-state index contributed by atoms with van der Waals surface area (Å²) < 4.78 is 11.2. The van der Waals surface area contributed by atoms with E-state index >= 15 is 0 Å². The second-order valence-corrected chi connectivity index (χ2v) is 12.1. The zero-order valence-electron chi connectivity index (χ0n) is 13.4. The van der Waals surface area contributed by atoms with Crippen molar-refractivity contribution in [2.45, 2.75) is 77.1 Å². The maximum absolute atomic E-state index is 11.4. The molecule has 0 aromatic rings. The first-order valence-corrected chi connectivity index (χ1v) is 10.3. The quantitative estimate of drug-likeness (QED) is 0.576. The Morgan fingerprint density at radius 2 is 1.89 bits per heavy atom. The lowest BCUT2D eigenvalue weighted by molar-refractivity contribution is -0.142. The molecule has 0 aliphatic heterocycles. The first-order chi connectivity index (χ1) is 8.65. The molecule has 0 bridgehead atoms. The third kappa shape index (κ3) is 4.92. The van der Waals surface area contributed by atoms with Crippen LogP contribution in [0.2, 0.25) is 18.1 Å². The molecule has 2 atom stereocenters. The standard InChI is InChI=1S/C15H30O3Si/c1-15(2,3)19(5,6)18-13-9-7-8-12(10-13)11-14(16)17-4/h12-13H,7-11H2,1-6H3. The smallest absolute Gasteiger partial charge is 0.305 e. The summed E-state index contributed by atoms with van der Waals surface area (Å²) in [6, 6.07) is 0. The molecule has 0 saturated heterocycles. The Labute approximate surface area is 119 Å². The highest BCUT2D eigenvalue weighted by Gasteiger charge is 2.40. The van der Waals surface area contributed by atoms with E-state index in [1.54, 1.807) is 0 Å². The summed E-state index contributed by atoms with van der Waals surface area (Å²) in [5, 5.41) is 0.252. The number of hydrogen-bond donors (Lipinski definition) is 0. The molecule has 0 N–H and O–H groups in total. The molecule has 1 saturated carbocycles. The predicted molar refractivity (Wildman–Crippen MR) is 80.7 cm³/mol. The molecule has 0 aromatic heterocycles. The van der Waals surface area contributed by atoms with E-state index in [9.17, 15) is 4.79 Å². The molecule has 0 aromatic carbocycles. The highest BCUT2D eigenvalue weighted by Crippen LogP contribution is 2.40. The first kappa shape index (κ1) is 16.7. The summed E-state index contributed by atoms with van der Waals surface area (Å²) >= 11 is 0. The van der Waals surface area contributed by atoms with Gasteiger partial charge in [-0.15, -0.1) is 0 Å². The molecule has 0 radical (unpaired) electrons. The summed E-state index contributed by atoms with van der Waals surface area (Å²) in [7, 11) is -0.219. The Hall–Kier alpha value is -0.353. The van der Waals surface area contributed by atoms with Gasteiger partial charge in [0.1, 0.15) is 0 Å². The maximum atomic E-state index is 11.4. The van der Waals surface area contributed by atoms with Crippen LogP contribution < -0.4 is 0 Å². The van der Waals surface area contributed by atoms with Crippen molar-refractivity contribution >= 4 is 14.3 Å². The molecule has 1 rings (SSSR count). The van der Waals surface area contributed by atoms with Crippen LogP contribution in [0.15, 0.2) is 0 Å². The van der Waals surface area contributed by atoms with Crippen molar-refractivity contribution in [3.05, 3.63) is 0 Å². The summed E-state index contributed by atoms with van der Waals surface area (Å²) in [4.78, 5) is 11.4. The van der Waals surface area contributed by atoms with Gasteiger partial charge < -0.3 is 9.16 Å². The molecule has 0 spiro atoms. The van der Waals surface area contributed by atoms with Crippen molar-refractivity contribution in [3.63, 3.8) is 0 Å². The average Bonchev–Trinajstić information content (AvgIpc) is 2.27. The summed E-state index contributed by atoms with van der Waals surface area (Å²) in [6.07, 6.45) is 5.34. The molecule has 4 heteroatoms. The van der Waals surface area contributed by atoms with Crippen molar-refractivity contribution in [2.75, 3.05) is 7.11 Å². The van der Waals surface area contributed by atoms with Crippen LogP contribution in [0.1, 0.15) is 52.9 Å². The van der Waals surface area contributed by atoms with Crippen molar-refractivity contribution in [1.82, 2.24) is 0 Å².